The Labute approximate surface area is 99.8 Å². The van der Waals surface area contributed by atoms with Gasteiger partial charge in [-0.25, -0.2) is 0 Å². The van der Waals surface area contributed by atoms with Crippen molar-refractivity contribution in [2.75, 3.05) is 11.9 Å². The SMILES string of the molecule is CN(Cc1ccncc1)c1ccc(CO)nn1. The minimum atomic E-state index is -0.0820. The van der Waals surface area contributed by atoms with Crippen molar-refractivity contribution in [2.24, 2.45) is 0 Å². The number of anilines is 1. The first-order valence-electron chi connectivity index (χ1n) is 5.33. The Morgan fingerprint density at radius 3 is 2.47 bits per heavy atom. The number of rotatable bonds is 4. The lowest BCUT2D eigenvalue weighted by atomic mass is 10.2. The van der Waals surface area contributed by atoms with Crippen LogP contribution in [0.3, 0.4) is 0 Å². The van der Waals surface area contributed by atoms with E-state index in [1.54, 1.807) is 18.5 Å². The Morgan fingerprint density at radius 2 is 1.88 bits per heavy atom. The summed E-state index contributed by atoms with van der Waals surface area (Å²) in [4.78, 5) is 5.96. The van der Waals surface area contributed by atoms with Gasteiger partial charge in [0.15, 0.2) is 5.82 Å². The van der Waals surface area contributed by atoms with Gasteiger partial charge in [0, 0.05) is 26.0 Å². The van der Waals surface area contributed by atoms with Gasteiger partial charge in [0.2, 0.25) is 0 Å². The molecule has 0 aliphatic carbocycles. The van der Waals surface area contributed by atoms with E-state index in [2.05, 4.69) is 15.2 Å². The van der Waals surface area contributed by atoms with Crippen LogP contribution in [0.1, 0.15) is 11.3 Å². The normalized spacial score (nSPS) is 10.2. The van der Waals surface area contributed by atoms with Gasteiger partial charge >= 0.3 is 0 Å². The minimum Gasteiger partial charge on any atom is -0.390 e. The molecule has 0 aromatic carbocycles. The lowest BCUT2D eigenvalue weighted by molar-refractivity contribution is 0.275. The molecule has 0 aliphatic rings. The first-order chi connectivity index (χ1) is 8.29. The molecule has 0 aliphatic heterocycles. The molecule has 0 amide bonds. The van der Waals surface area contributed by atoms with Crippen LogP contribution in [0.2, 0.25) is 0 Å². The molecule has 5 heteroatoms. The number of hydrogen-bond acceptors (Lipinski definition) is 5. The van der Waals surface area contributed by atoms with E-state index in [9.17, 15) is 0 Å². The first kappa shape index (κ1) is 11.5. The zero-order valence-corrected chi connectivity index (χ0v) is 9.61. The van der Waals surface area contributed by atoms with Crippen LogP contribution in [-0.4, -0.2) is 27.3 Å². The average Bonchev–Trinajstić information content (AvgIpc) is 2.40. The molecule has 2 heterocycles. The topological polar surface area (TPSA) is 62.1 Å². The standard InChI is InChI=1S/C12H14N4O/c1-16(8-10-4-6-13-7-5-10)12-3-2-11(9-17)14-15-12/h2-7,17H,8-9H2,1H3. The van der Waals surface area contributed by atoms with E-state index in [4.69, 9.17) is 5.11 Å². The smallest absolute Gasteiger partial charge is 0.151 e. The summed E-state index contributed by atoms with van der Waals surface area (Å²) in [5.74, 6) is 0.777. The van der Waals surface area contributed by atoms with Crippen molar-refractivity contribution < 1.29 is 5.11 Å². The zero-order valence-electron chi connectivity index (χ0n) is 9.61. The quantitative estimate of drug-likeness (QED) is 0.849. The Kier molecular flexibility index (Phi) is 3.62. The summed E-state index contributed by atoms with van der Waals surface area (Å²) in [6.07, 6.45) is 3.54. The Bertz CT molecular complexity index is 458. The van der Waals surface area contributed by atoms with Gasteiger partial charge in [0.25, 0.3) is 0 Å². The predicted octanol–water partition coefficient (Wildman–Crippen LogP) is 1.00. The number of aliphatic hydroxyl groups excluding tert-OH is 1. The maximum absolute atomic E-state index is 8.88. The molecular formula is C12H14N4O. The van der Waals surface area contributed by atoms with Crippen molar-refractivity contribution in [1.29, 1.82) is 0 Å². The van der Waals surface area contributed by atoms with Crippen molar-refractivity contribution in [3.63, 3.8) is 0 Å². The van der Waals surface area contributed by atoms with Crippen molar-refractivity contribution in [2.45, 2.75) is 13.2 Å². The van der Waals surface area contributed by atoms with Crippen LogP contribution in [0.4, 0.5) is 5.82 Å². The lowest BCUT2D eigenvalue weighted by Gasteiger charge is -2.17. The summed E-state index contributed by atoms with van der Waals surface area (Å²) in [7, 11) is 1.95. The largest absolute Gasteiger partial charge is 0.390 e. The summed E-state index contributed by atoms with van der Waals surface area (Å²) >= 11 is 0. The Morgan fingerprint density at radius 1 is 1.12 bits per heavy atom. The highest BCUT2D eigenvalue weighted by Gasteiger charge is 2.04. The molecule has 0 fully saturated rings. The summed E-state index contributed by atoms with van der Waals surface area (Å²) in [6, 6.07) is 7.54. The van der Waals surface area contributed by atoms with E-state index in [1.807, 2.05) is 30.1 Å². The van der Waals surface area contributed by atoms with E-state index >= 15 is 0 Å². The number of nitrogens with zero attached hydrogens (tertiary/aromatic N) is 4. The highest BCUT2D eigenvalue weighted by atomic mass is 16.3. The second-order valence-electron chi connectivity index (χ2n) is 3.75. The summed E-state index contributed by atoms with van der Waals surface area (Å²) in [6.45, 7) is 0.664. The molecule has 2 rings (SSSR count). The zero-order chi connectivity index (χ0) is 12.1. The summed E-state index contributed by atoms with van der Waals surface area (Å²) in [5, 5.41) is 16.8. The molecule has 0 atom stereocenters. The molecule has 88 valence electrons. The molecule has 0 saturated heterocycles. The van der Waals surface area contributed by atoms with Crippen molar-refractivity contribution in [3.05, 3.63) is 47.9 Å². The van der Waals surface area contributed by atoms with E-state index in [-0.39, 0.29) is 6.61 Å². The average molecular weight is 230 g/mol. The van der Waals surface area contributed by atoms with Gasteiger partial charge in [-0.2, -0.15) is 5.10 Å². The highest BCUT2D eigenvalue weighted by Crippen LogP contribution is 2.11. The number of pyridine rings is 1. The maximum Gasteiger partial charge on any atom is 0.151 e. The molecule has 0 bridgehead atoms. The second kappa shape index (κ2) is 5.36. The van der Waals surface area contributed by atoms with Crippen molar-refractivity contribution in [1.82, 2.24) is 15.2 Å². The van der Waals surface area contributed by atoms with Gasteiger partial charge in [-0.15, -0.1) is 5.10 Å². The fourth-order valence-electron chi connectivity index (χ4n) is 1.48. The molecule has 0 saturated carbocycles. The van der Waals surface area contributed by atoms with Crippen LogP contribution >= 0.6 is 0 Å². The maximum atomic E-state index is 8.88. The van der Waals surface area contributed by atoms with E-state index in [0.29, 0.717) is 5.69 Å². The Hall–Kier alpha value is -2.01. The van der Waals surface area contributed by atoms with Crippen LogP contribution in [0, 0.1) is 0 Å². The molecule has 2 aromatic rings. The van der Waals surface area contributed by atoms with E-state index < -0.39 is 0 Å². The van der Waals surface area contributed by atoms with Gasteiger partial charge in [-0.05, 0) is 29.8 Å². The van der Waals surface area contributed by atoms with Crippen LogP contribution in [-0.2, 0) is 13.2 Å². The number of hydrogen-bond donors (Lipinski definition) is 1. The molecular weight excluding hydrogens is 216 g/mol. The van der Waals surface area contributed by atoms with Crippen LogP contribution in [0.5, 0.6) is 0 Å². The molecule has 5 nitrogen and oxygen atoms in total. The monoisotopic (exact) mass is 230 g/mol. The fraction of sp³-hybridized carbons (Fsp3) is 0.250. The van der Waals surface area contributed by atoms with E-state index in [0.717, 1.165) is 17.9 Å². The minimum absolute atomic E-state index is 0.0820. The highest BCUT2D eigenvalue weighted by molar-refractivity contribution is 5.37. The van der Waals surface area contributed by atoms with Gasteiger partial charge in [0.1, 0.15) is 0 Å². The third kappa shape index (κ3) is 2.98. The lowest BCUT2D eigenvalue weighted by Crippen LogP contribution is -2.18. The molecule has 17 heavy (non-hydrogen) atoms. The molecule has 0 spiro atoms. The molecule has 0 unspecified atom stereocenters. The molecule has 0 radical (unpaired) electrons. The molecule has 1 N–H and O–H groups in total. The third-order valence-electron chi connectivity index (χ3n) is 2.43. The Balaban J connectivity index is 2.06. The van der Waals surface area contributed by atoms with Crippen molar-refractivity contribution in [3.8, 4) is 0 Å². The van der Waals surface area contributed by atoms with Crippen LogP contribution < -0.4 is 4.90 Å². The van der Waals surface area contributed by atoms with Gasteiger partial charge in [-0.3, -0.25) is 4.98 Å². The van der Waals surface area contributed by atoms with Crippen LogP contribution in [0.25, 0.3) is 0 Å². The summed E-state index contributed by atoms with van der Waals surface area (Å²) < 4.78 is 0. The van der Waals surface area contributed by atoms with Gasteiger partial charge in [-0.1, -0.05) is 0 Å². The molecule has 2 aromatic heterocycles. The van der Waals surface area contributed by atoms with Gasteiger partial charge in [0.05, 0.1) is 12.3 Å². The second-order valence-corrected chi connectivity index (χ2v) is 3.75. The van der Waals surface area contributed by atoms with Gasteiger partial charge < -0.3 is 10.0 Å². The third-order valence-corrected chi connectivity index (χ3v) is 2.43. The number of aliphatic hydroxyl groups is 1. The number of aromatic nitrogens is 3. The fourth-order valence-corrected chi connectivity index (χ4v) is 1.48. The summed E-state index contributed by atoms with van der Waals surface area (Å²) in [5.41, 5.74) is 1.74. The van der Waals surface area contributed by atoms with Crippen LogP contribution in [0.15, 0.2) is 36.7 Å². The first-order valence-corrected chi connectivity index (χ1v) is 5.33. The predicted molar refractivity (Wildman–Crippen MR) is 64.3 cm³/mol. The van der Waals surface area contributed by atoms with E-state index in [1.165, 1.54) is 0 Å². The van der Waals surface area contributed by atoms with Crippen molar-refractivity contribution >= 4 is 5.82 Å².